The Hall–Kier alpha value is -3.48. The first-order chi connectivity index (χ1) is 16.1. The number of benzene rings is 1. The van der Waals surface area contributed by atoms with Gasteiger partial charge in [-0.3, -0.25) is 0 Å². The second-order valence-corrected chi connectivity index (χ2v) is 8.89. The minimum absolute atomic E-state index is 0.621. The van der Waals surface area contributed by atoms with Gasteiger partial charge in [0, 0.05) is 38.0 Å². The highest BCUT2D eigenvalue weighted by molar-refractivity contribution is 5.74. The number of nitrogens with one attached hydrogen (secondary N) is 1. The molecule has 0 saturated heterocycles. The largest absolute Gasteiger partial charge is 0.372 e. The second-order valence-electron chi connectivity index (χ2n) is 8.89. The molecule has 0 spiro atoms. The van der Waals surface area contributed by atoms with Gasteiger partial charge in [-0.1, -0.05) is 38.6 Å². The van der Waals surface area contributed by atoms with Crippen LogP contribution in [0.4, 0.5) is 21.7 Å². The number of alkyl halides is 1. The molecule has 0 bridgehead atoms. The maximum absolute atomic E-state index is 14.6. The number of hydrogen-bond donors (Lipinski definition) is 1. The van der Waals surface area contributed by atoms with Crippen molar-refractivity contribution >= 4 is 17.3 Å². The van der Waals surface area contributed by atoms with Crippen LogP contribution in [0.15, 0.2) is 61.2 Å². The Balaban J connectivity index is 2.00. The Bertz CT molecular complexity index is 1140. The zero-order chi connectivity index (χ0) is 24.9. The zero-order valence-electron chi connectivity index (χ0n) is 21.1. The third kappa shape index (κ3) is 5.90. The van der Waals surface area contributed by atoms with E-state index in [0.717, 1.165) is 47.8 Å². The summed E-state index contributed by atoms with van der Waals surface area (Å²) < 4.78 is 14.6. The summed E-state index contributed by atoms with van der Waals surface area (Å²) in [6, 6.07) is 13.4. The van der Waals surface area contributed by atoms with Crippen LogP contribution >= 0.6 is 0 Å². The molecule has 2 heterocycles. The minimum Gasteiger partial charge on any atom is -0.372 e. The summed E-state index contributed by atoms with van der Waals surface area (Å²) in [6.45, 7) is 12.4. The Kier molecular flexibility index (Phi) is 7.87. The third-order valence-corrected chi connectivity index (χ3v) is 5.75. The molecule has 180 valence electrons. The summed E-state index contributed by atoms with van der Waals surface area (Å²) in [6.07, 6.45) is 3.38. The average molecular weight is 463 g/mol. The fourth-order valence-corrected chi connectivity index (χ4v) is 3.67. The van der Waals surface area contributed by atoms with E-state index in [4.69, 9.17) is 4.98 Å². The minimum atomic E-state index is -1.43. The van der Waals surface area contributed by atoms with Gasteiger partial charge < -0.3 is 15.1 Å². The van der Waals surface area contributed by atoms with Gasteiger partial charge in [0.2, 0.25) is 0 Å². The fraction of sp³-hybridized carbons (Fsp3) is 0.370. The number of halogens is 1. The summed E-state index contributed by atoms with van der Waals surface area (Å²) in [4.78, 5) is 17.7. The molecule has 2 aromatic heterocycles. The van der Waals surface area contributed by atoms with Crippen molar-refractivity contribution in [2.24, 2.45) is 0 Å². The van der Waals surface area contributed by atoms with Gasteiger partial charge in [-0.2, -0.15) is 0 Å². The molecule has 6 nitrogen and oxygen atoms in total. The monoisotopic (exact) mass is 462 g/mol. The average Bonchev–Trinajstić information content (AvgIpc) is 2.83. The molecule has 0 fully saturated rings. The lowest BCUT2D eigenvalue weighted by molar-refractivity contribution is 0.221. The van der Waals surface area contributed by atoms with E-state index < -0.39 is 5.67 Å². The highest BCUT2D eigenvalue weighted by Crippen LogP contribution is 2.33. The number of aromatic nitrogens is 3. The molecule has 0 aliphatic carbocycles. The molecule has 0 unspecified atom stereocenters. The number of aryl methyl sites for hydroxylation is 1. The molecule has 1 N–H and O–H groups in total. The highest BCUT2D eigenvalue weighted by atomic mass is 19.1. The van der Waals surface area contributed by atoms with Crippen molar-refractivity contribution in [3.8, 4) is 11.3 Å². The standard InChI is InChI=1S/C27H35FN6/c1-8-15-33(6)24-14-13-23(20-11-10-12-21(16-20)27(4,5)28)32-26(24)34(7)19(3)31-25-17-22(9-2)29-18-30-25/h10-14,16-18H,3,8-9,15H2,1-2,4-7H3,(H,29,30,31). The maximum atomic E-state index is 14.6. The number of rotatable bonds is 10. The van der Waals surface area contributed by atoms with Gasteiger partial charge in [0.1, 0.15) is 23.6 Å². The predicted molar refractivity (Wildman–Crippen MR) is 140 cm³/mol. The number of pyridine rings is 1. The fourth-order valence-electron chi connectivity index (χ4n) is 3.67. The maximum Gasteiger partial charge on any atom is 0.158 e. The predicted octanol–water partition coefficient (Wildman–Crippen LogP) is 6.17. The molecule has 3 rings (SSSR count). The Labute approximate surface area is 202 Å². The molecule has 0 saturated carbocycles. The van der Waals surface area contributed by atoms with Crippen LogP contribution in [0.5, 0.6) is 0 Å². The van der Waals surface area contributed by atoms with E-state index in [2.05, 4.69) is 53.7 Å². The number of anilines is 3. The van der Waals surface area contributed by atoms with Crippen molar-refractivity contribution < 1.29 is 4.39 Å². The summed E-state index contributed by atoms with van der Waals surface area (Å²) >= 11 is 0. The van der Waals surface area contributed by atoms with E-state index in [-0.39, 0.29) is 0 Å². The molecule has 0 aliphatic rings. The summed E-state index contributed by atoms with van der Waals surface area (Å²) in [7, 11) is 3.98. The smallest absolute Gasteiger partial charge is 0.158 e. The van der Waals surface area contributed by atoms with Crippen LogP contribution in [-0.4, -0.2) is 35.6 Å². The van der Waals surface area contributed by atoms with Crippen LogP contribution < -0.4 is 15.1 Å². The van der Waals surface area contributed by atoms with E-state index in [0.29, 0.717) is 17.2 Å². The van der Waals surface area contributed by atoms with E-state index >= 15 is 0 Å². The van der Waals surface area contributed by atoms with Crippen molar-refractivity contribution in [3.63, 3.8) is 0 Å². The lowest BCUT2D eigenvalue weighted by Crippen LogP contribution is -2.27. The normalized spacial score (nSPS) is 11.3. The number of nitrogens with zero attached hydrogens (tertiary/aromatic N) is 5. The van der Waals surface area contributed by atoms with Gasteiger partial charge in [-0.25, -0.2) is 19.3 Å². The van der Waals surface area contributed by atoms with E-state index in [1.807, 2.05) is 42.3 Å². The molecule has 34 heavy (non-hydrogen) atoms. The molecule has 3 aromatic rings. The summed E-state index contributed by atoms with van der Waals surface area (Å²) in [5, 5.41) is 3.27. The van der Waals surface area contributed by atoms with Gasteiger partial charge in [-0.05, 0) is 50.5 Å². The molecule has 0 atom stereocenters. The molecule has 0 radical (unpaired) electrons. The topological polar surface area (TPSA) is 57.2 Å². The summed E-state index contributed by atoms with van der Waals surface area (Å²) in [5.74, 6) is 2.07. The molecular weight excluding hydrogens is 427 g/mol. The van der Waals surface area contributed by atoms with Crippen molar-refractivity contribution in [2.45, 2.75) is 46.2 Å². The van der Waals surface area contributed by atoms with Gasteiger partial charge in [0.25, 0.3) is 0 Å². The van der Waals surface area contributed by atoms with Crippen molar-refractivity contribution in [1.29, 1.82) is 0 Å². The highest BCUT2D eigenvalue weighted by Gasteiger charge is 2.21. The Morgan fingerprint density at radius 2 is 1.85 bits per heavy atom. The van der Waals surface area contributed by atoms with Gasteiger partial charge in [0.05, 0.1) is 11.4 Å². The lowest BCUT2D eigenvalue weighted by atomic mass is 9.97. The molecule has 0 amide bonds. The molecule has 0 aliphatic heterocycles. The van der Waals surface area contributed by atoms with Crippen LogP contribution in [0.3, 0.4) is 0 Å². The Morgan fingerprint density at radius 3 is 2.53 bits per heavy atom. The van der Waals surface area contributed by atoms with E-state index in [1.165, 1.54) is 0 Å². The summed E-state index contributed by atoms with van der Waals surface area (Å²) in [5.41, 5.74) is 2.76. The van der Waals surface area contributed by atoms with E-state index in [1.54, 1.807) is 26.2 Å². The van der Waals surface area contributed by atoms with Crippen molar-refractivity contribution in [2.75, 3.05) is 35.8 Å². The van der Waals surface area contributed by atoms with E-state index in [9.17, 15) is 4.39 Å². The van der Waals surface area contributed by atoms with Crippen LogP contribution in [-0.2, 0) is 12.1 Å². The van der Waals surface area contributed by atoms with Gasteiger partial charge >= 0.3 is 0 Å². The Morgan fingerprint density at radius 1 is 1.09 bits per heavy atom. The van der Waals surface area contributed by atoms with Crippen LogP contribution in [0, 0.1) is 0 Å². The SMILES string of the molecule is C=C(Nc1cc(CC)ncn1)N(C)c1nc(-c2cccc(C(C)(C)F)c2)ccc1N(C)CCC. The molecular formula is C27H35FN6. The van der Waals surface area contributed by atoms with Crippen molar-refractivity contribution in [3.05, 3.63) is 72.4 Å². The van der Waals surface area contributed by atoms with Gasteiger partial charge in [-0.15, -0.1) is 0 Å². The molecule has 1 aromatic carbocycles. The quantitative estimate of drug-likeness (QED) is 0.389. The first kappa shape index (κ1) is 25.1. The lowest BCUT2D eigenvalue weighted by Gasteiger charge is -2.28. The molecule has 7 heteroatoms. The van der Waals surface area contributed by atoms with Crippen LogP contribution in [0.2, 0.25) is 0 Å². The third-order valence-electron chi connectivity index (χ3n) is 5.75. The first-order valence-corrected chi connectivity index (χ1v) is 11.7. The van der Waals surface area contributed by atoms with Crippen LogP contribution in [0.1, 0.15) is 45.4 Å². The van der Waals surface area contributed by atoms with Crippen LogP contribution in [0.25, 0.3) is 11.3 Å². The van der Waals surface area contributed by atoms with Crippen molar-refractivity contribution in [1.82, 2.24) is 15.0 Å². The van der Waals surface area contributed by atoms with Gasteiger partial charge in [0.15, 0.2) is 5.82 Å². The zero-order valence-corrected chi connectivity index (χ0v) is 21.1. The number of hydrogen-bond acceptors (Lipinski definition) is 6. The second kappa shape index (κ2) is 10.6. The first-order valence-electron chi connectivity index (χ1n) is 11.7.